The summed E-state index contributed by atoms with van der Waals surface area (Å²) in [5.41, 5.74) is 1.70. The van der Waals surface area contributed by atoms with Crippen molar-refractivity contribution in [2.75, 3.05) is 0 Å². The normalized spacial score (nSPS) is 17.0. The Bertz CT molecular complexity index is 1570. The molecule has 5 rings (SSSR count). The fraction of sp³-hybridized carbons (Fsp3) is 0.143. The Morgan fingerprint density at radius 2 is 1.57 bits per heavy atom. The third-order valence-electron chi connectivity index (χ3n) is 6.40. The van der Waals surface area contributed by atoms with Crippen LogP contribution >= 0.6 is 0 Å². The number of nitrogens with zero attached hydrogens (tertiary/aromatic N) is 1. The summed E-state index contributed by atoms with van der Waals surface area (Å²) in [5, 5.41) is 1.56. The Labute approximate surface area is 215 Å². The number of esters is 1. The minimum Gasteiger partial charge on any atom is -0.514 e. The van der Waals surface area contributed by atoms with Crippen molar-refractivity contribution >= 4 is 45.2 Å². The van der Waals surface area contributed by atoms with Gasteiger partial charge in [0, 0.05) is 0 Å². The van der Waals surface area contributed by atoms with Crippen molar-refractivity contribution in [1.29, 1.82) is 0 Å². The maximum Gasteiger partial charge on any atom is 0.502 e. The van der Waals surface area contributed by atoms with E-state index in [2.05, 4.69) is 0 Å². The lowest BCUT2D eigenvalue weighted by Crippen LogP contribution is -2.54. The third kappa shape index (κ3) is 4.63. The molecule has 1 saturated heterocycles. The van der Waals surface area contributed by atoms with Crippen LogP contribution in [0.15, 0.2) is 102 Å². The number of hydrogen-bond donors (Lipinski definition) is 0. The van der Waals surface area contributed by atoms with E-state index in [1.54, 1.807) is 60.7 Å². The molecule has 186 valence electrons. The minimum absolute atomic E-state index is 0.00918. The molecule has 9 heteroatoms. The third-order valence-corrected chi connectivity index (χ3v) is 8.24. The second kappa shape index (κ2) is 9.84. The Morgan fingerprint density at radius 1 is 0.919 bits per heavy atom. The summed E-state index contributed by atoms with van der Waals surface area (Å²) in [6.07, 6.45) is -1.13. The molecule has 0 amide bonds. The van der Waals surface area contributed by atoms with Crippen molar-refractivity contribution in [3.8, 4) is 0 Å². The average molecular weight is 513 g/mol. The molecule has 4 aromatic carbocycles. The number of sulfonamides is 1. The van der Waals surface area contributed by atoms with Gasteiger partial charge >= 0.3 is 19.0 Å². The monoisotopic (exact) mass is 513 g/mol. The lowest BCUT2D eigenvalue weighted by molar-refractivity contribution is -0.136. The largest absolute Gasteiger partial charge is 0.514 e. The van der Waals surface area contributed by atoms with Gasteiger partial charge in [-0.2, -0.15) is 4.22 Å². The highest BCUT2D eigenvalue weighted by Gasteiger charge is 2.56. The molecule has 0 aliphatic carbocycles. The standard InChI is InChI=1S/C28H24BNO6S/c1-19-15-17-23(18-16-19)37(33,34)30-26(28(32)36-29(30)22-11-4-3-5-12-22)20(2)35-27(31)25-14-8-10-21-9-6-7-13-24(21)25/h3-18,20,26H,1-2H3/t20-,26-/m0/s1. The number of hydrogen-bond acceptors (Lipinski definition) is 6. The van der Waals surface area contributed by atoms with E-state index in [4.69, 9.17) is 9.39 Å². The van der Waals surface area contributed by atoms with E-state index in [0.29, 0.717) is 16.4 Å². The summed E-state index contributed by atoms with van der Waals surface area (Å²) in [6.45, 7) is 3.35. The molecule has 1 aliphatic heterocycles. The lowest BCUT2D eigenvalue weighted by atomic mass is 9.74. The van der Waals surface area contributed by atoms with E-state index in [9.17, 15) is 18.0 Å². The SMILES string of the molecule is Cc1ccc(S(=O)(=O)N2B(c3ccccc3)OC(=O)[C@@H]2[C@H](C)OC(=O)c2cccc3ccccc23)cc1. The maximum absolute atomic E-state index is 13.9. The molecule has 0 radical (unpaired) electrons. The second-order valence-electron chi connectivity index (χ2n) is 8.93. The number of ether oxygens (including phenoxy) is 1. The van der Waals surface area contributed by atoms with Gasteiger partial charge in [-0.05, 0) is 48.3 Å². The van der Waals surface area contributed by atoms with Gasteiger partial charge in [-0.3, -0.25) is 4.79 Å². The van der Waals surface area contributed by atoms with Crippen molar-refractivity contribution in [2.24, 2.45) is 0 Å². The summed E-state index contributed by atoms with van der Waals surface area (Å²) < 4.78 is 40.1. The summed E-state index contributed by atoms with van der Waals surface area (Å²) >= 11 is 0. The van der Waals surface area contributed by atoms with Gasteiger partial charge in [-0.25, -0.2) is 13.2 Å². The van der Waals surface area contributed by atoms with Crippen LogP contribution in [-0.4, -0.2) is 43.8 Å². The molecule has 0 spiro atoms. The van der Waals surface area contributed by atoms with Crippen LogP contribution in [0.5, 0.6) is 0 Å². The van der Waals surface area contributed by atoms with Gasteiger partial charge in [-0.1, -0.05) is 84.4 Å². The Hall–Kier alpha value is -3.95. The Kier molecular flexibility index (Phi) is 6.58. The molecule has 4 aromatic rings. The van der Waals surface area contributed by atoms with E-state index in [0.717, 1.165) is 15.2 Å². The van der Waals surface area contributed by atoms with Crippen molar-refractivity contribution in [3.05, 3.63) is 108 Å². The number of rotatable bonds is 6. The highest BCUT2D eigenvalue weighted by atomic mass is 32.2. The average Bonchev–Trinajstić information content (AvgIpc) is 3.27. The van der Waals surface area contributed by atoms with Gasteiger partial charge in [0.2, 0.25) is 10.0 Å². The van der Waals surface area contributed by atoms with Crippen LogP contribution in [0.2, 0.25) is 0 Å². The maximum atomic E-state index is 13.9. The van der Waals surface area contributed by atoms with Crippen LogP contribution in [0.25, 0.3) is 10.8 Å². The predicted octanol–water partition coefficient (Wildman–Crippen LogP) is 3.71. The van der Waals surface area contributed by atoms with E-state index >= 15 is 0 Å². The Morgan fingerprint density at radius 3 is 2.30 bits per heavy atom. The number of aryl methyl sites for hydroxylation is 1. The molecular formula is C28H24BNO6S. The van der Waals surface area contributed by atoms with Gasteiger partial charge in [-0.15, -0.1) is 0 Å². The number of carbonyl (C=O) groups is 2. The molecule has 0 N–H and O–H groups in total. The van der Waals surface area contributed by atoms with Crippen LogP contribution in [0, 0.1) is 6.92 Å². The highest BCUT2D eigenvalue weighted by Crippen LogP contribution is 2.29. The predicted molar refractivity (Wildman–Crippen MR) is 141 cm³/mol. The Balaban J connectivity index is 1.52. The first kappa shape index (κ1) is 24.7. The lowest BCUT2D eigenvalue weighted by Gasteiger charge is -2.27. The second-order valence-corrected chi connectivity index (χ2v) is 10.8. The summed E-state index contributed by atoms with van der Waals surface area (Å²) in [5.74, 6) is -1.45. The van der Waals surface area contributed by atoms with Gasteiger partial charge in [0.25, 0.3) is 0 Å². The smallest absolute Gasteiger partial charge is 0.502 e. The van der Waals surface area contributed by atoms with E-state index in [1.165, 1.54) is 19.1 Å². The van der Waals surface area contributed by atoms with Crippen LogP contribution < -0.4 is 5.46 Å². The molecule has 0 bridgehead atoms. The fourth-order valence-corrected chi connectivity index (χ4v) is 6.22. The molecule has 1 aliphatic rings. The molecule has 2 atom stereocenters. The van der Waals surface area contributed by atoms with E-state index < -0.39 is 41.2 Å². The summed E-state index contributed by atoms with van der Waals surface area (Å²) in [4.78, 5) is 26.4. The molecule has 37 heavy (non-hydrogen) atoms. The van der Waals surface area contributed by atoms with Gasteiger partial charge in [0.1, 0.15) is 6.10 Å². The van der Waals surface area contributed by atoms with Crippen molar-refractivity contribution in [3.63, 3.8) is 0 Å². The van der Waals surface area contributed by atoms with Crippen LogP contribution in [0.4, 0.5) is 0 Å². The first-order chi connectivity index (χ1) is 17.8. The number of fused-ring (bicyclic) bond motifs is 1. The summed E-state index contributed by atoms with van der Waals surface area (Å²) in [7, 11) is -5.42. The zero-order valence-electron chi connectivity index (χ0n) is 20.3. The van der Waals surface area contributed by atoms with Crippen LogP contribution in [0.3, 0.4) is 0 Å². The van der Waals surface area contributed by atoms with Crippen molar-refractivity contribution in [1.82, 2.24) is 4.22 Å². The summed E-state index contributed by atoms with van der Waals surface area (Å²) in [6, 6.07) is 26.2. The molecule has 0 saturated carbocycles. The highest BCUT2D eigenvalue weighted by molar-refractivity contribution is 7.90. The quantitative estimate of drug-likeness (QED) is 0.289. The van der Waals surface area contributed by atoms with Crippen molar-refractivity contribution in [2.45, 2.75) is 30.9 Å². The number of benzene rings is 4. The van der Waals surface area contributed by atoms with Crippen LogP contribution in [0.1, 0.15) is 22.8 Å². The number of carbonyl (C=O) groups excluding carboxylic acids is 2. The first-order valence-corrected chi connectivity index (χ1v) is 13.3. The van der Waals surface area contributed by atoms with E-state index in [-0.39, 0.29) is 4.90 Å². The van der Waals surface area contributed by atoms with Crippen LogP contribution in [-0.2, 0) is 24.2 Å². The topological polar surface area (TPSA) is 90.0 Å². The first-order valence-electron chi connectivity index (χ1n) is 11.8. The molecule has 0 aromatic heterocycles. The van der Waals surface area contributed by atoms with E-state index in [1.807, 2.05) is 31.2 Å². The molecule has 0 unspecified atom stereocenters. The molecular weight excluding hydrogens is 489 g/mol. The molecule has 1 heterocycles. The van der Waals surface area contributed by atoms with Gasteiger partial charge in [0.05, 0.1) is 10.5 Å². The van der Waals surface area contributed by atoms with Gasteiger partial charge < -0.3 is 9.39 Å². The zero-order valence-corrected chi connectivity index (χ0v) is 21.1. The fourth-order valence-electron chi connectivity index (χ4n) is 4.52. The zero-order chi connectivity index (χ0) is 26.2. The van der Waals surface area contributed by atoms with Gasteiger partial charge in [0.15, 0.2) is 6.04 Å². The van der Waals surface area contributed by atoms with Crippen molar-refractivity contribution < 1.29 is 27.4 Å². The minimum atomic E-state index is -4.22. The molecule has 1 fully saturated rings. The molecule has 7 nitrogen and oxygen atoms in total.